The minimum absolute atomic E-state index is 0.00134. The van der Waals surface area contributed by atoms with E-state index < -0.39 is 11.6 Å². The average molecular weight is 249 g/mol. The highest BCUT2D eigenvalue weighted by atomic mass is 19.1. The zero-order valence-corrected chi connectivity index (χ0v) is 9.69. The maximum atomic E-state index is 13.3. The summed E-state index contributed by atoms with van der Waals surface area (Å²) < 4.78 is 18.3. The Hall–Kier alpha value is -2.04. The number of hydrogen-bond donors (Lipinski definition) is 0. The van der Waals surface area contributed by atoms with Crippen LogP contribution in [-0.2, 0) is 4.79 Å². The summed E-state index contributed by atoms with van der Waals surface area (Å²) in [5.41, 5.74) is -0.145. The van der Waals surface area contributed by atoms with Gasteiger partial charge in [-0.1, -0.05) is 0 Å². The van der Waals surface area contributed by atoms with Gasteiger partial charge in [-0.25, -0.2) is 4.39 Å². The zero-order valence-electron chi connectivity index (χ0n) is 9.69. The molecule has 18 heavy (non-hydrogen) atoms. The lowest BCUT2D eigenvalue weighted by Gasteiger charge is -2.07. The molecular weight excluding hydrogens is 237 g/mol. The normalized spacial score (nSPS) is 14.9. The summed E-state index contributed by atoms with van der Waals surface area (Å²) in [7, 11) is 0. The summed E-state index contributed by atoms with van der Waals surface area (Å²) in [6.45, 7) is 0. The molecule has 0 saturated heterocycles. The maximum absolute atomic E-state index is 13.3. The molecule has 5 heteroatoms. The van der Waals surface area contributed by atoms with Gasteiger partial charge in [-0.05, 0) is 18.6 Å². The molecule has 0 bridgehead atoms. The smallest absolute Gasteiger partial charge is 0.198 e. The van der Waals surface area contributed by atoms with E-state index in [9.17, 15) is 14.0 Å². The van der Waals surface area contributed by atoms with E-state index >= 15 is 0 Å². The van der Waals surface area contributed by atoms with Gasteiger partial charge < -0.3 is 4.42 Å². The van der Waals surface area contributed by atoms with Gasteiger partial charge in [-0.15, -0.1) is 0 Å². The van der Waals surface area contributed by atoms with Crippen LogP contribution < -0.4 is 0 Å². The van der Waals surface area contributed by atoms with Gasteiger partial charge in [-0.3, -0.25) is 14.6 Å². The van der Waals surface area contributed by atoms with Gasteiger partial charge in [0, 0.05) is 25.5 Å². The van der Waals surface area contributed by atoms with E-state index in [-0.39, 0.29) is 36.5 Å². The van der Waals surface area contributed by atoms with Crippen LogP contribution in [0.3, 0.4) is 0 Å². The molecule has 1 aromatic rings. The standard InChI is InChI=1S/C13H12FNO3/c14-9-3-1-7-15-13(9)11(17)6-5-10(16)12-4-2-8-18-12/h2,4,7-8H,1,3,5-6H2. The van der Waals surface area contributed by atoms with Crippen molar-refractivity contribution in [2.24, 2.45) is 4.99 Å². The number of carbonyl (C=O) groups excluding carboxylic acids is 2. The first-order valence-electron chi connectivity index (χ1n) is 5.69. The Kier molecular flexibility index (Phi) is 3.82. The monoisotopic (exact) mass is 249 g/mol. The molecule has 1 aromatic heterocycles. The second-order valence-corrected chi connectivity index (χ2v) is 3.93. The average Bonchev–Trinajstić information content (AvgIpc) is 2.90. The number of hydrogen-bond acceptors (Lipinski definition) is 4. The summed E-state index contributed by atoms with van der Waals surface area (Å²) in [6, 6.07) is 3.13. The third-order valence-electron chi connectivity index (χ3n) is 2.61. The molecule has 1 aliphatic rings. The topological polar surface area (TPSA) is 59.6 Å². The Morgan fingerprint density at radius 3 is 2.78 bits per heavy atom. The van der Waals surface area contributed by atoms with Crippen molar-refractivity contribution in [1.82, 2.24) is 0 Å². The lowest BCUT2D eigenvalue weighted by Crippen LogP contribution is -2.09. The highest BCUT2D eigenvalue weighted by Crippen LogP contribution is 2.20. The van der Waals surface area contributed by atoms with Crippen molar-refractivity contribution in [3.05, 3.63) is 35.7 Å². The van der Waals surface area contributed by atoms with Crippen LogP contribution in [0.25, 0.3) is 0 Å². The Bertz CT molecular complexity index is 514. The molecule has 0 spiro atoms. The molecule has 0 saturated carbocycles. The fourth-order valence-electron chi connectivity index (χ4n) is 1.66. The van der Waals surface area contributed by atoms with Crippen LogP contribution in [-0.4, -0.2) is 17.8 Å². The van der Waals surface area contributed by atoms with Crippen LogP contribution in [0, 0.1) is 0 Å². The number of rotatable bonds is 5. The molecule has 0 radical (unpaired) electrons. The van der Waals surface area contributed by atoms with Crippen LogP contribution in [0.2, 0.25) is 0 Å². The number of carbonyl (C=O) groups is 2. The molecular formula is C13H12FNO3. The third kappa shape index (κ3) is 2.80. The Morgan fingerprint density at radius 1 is 1.33 bits per heavy atom. The second-order valence-electron chi connectivity index (χ2n) is 3.93. The van der Waals surface area contributed by atoms with E-state index in [1.54, 1.807) is 6.07 Å². The van der Waals surface area contributed by atoms with Crippen molar-refractivity contribution >= 4 is 17.8 Å². The Labute approximate surface area is 103 Å². The molecule has 94 valence electrons. The Balaban J connectivity index is 1.93. The van der Waals surface area contributed by atoms with Gasteiger partial charge in [0.05, 0.1) is 6.26 Å². The highest BCUT2D eigenvalue weighted by molar-refractivity contribution is 6.01. The Morgan fingerprint density at radius 2 is 2.11 bits per heavy atom. The van der Waals surface area contributed by atoms with Gasteiger partial charge in [0.25, 0.3) is 0 Å². The van der Waals surface area contributed by atoms with Crippen molar-refractivity contribution in [3.8, 4) is 0 Å². The highest BCUT2D eigenvalue weighted by Gasteiger charge is 2.19. The number of furan rings is 1. The van der Waals surface area contributed by atoms with E-state index in [0.29, 0.717) is 6.42 Å². The molecule has 0 aromatic carbocycles. The van der Waals surface area contributed by atoms with Gasteiger partial charge in [0.1, 0.15) is 11.5 Å². The van der Waals surface area contributed by atoms with E-state index in [4.69, 9.17) is 4.42 Å². The van der Waals surface area contributed by atoms with Gasteiger partial charge in [0.2, 0.25) is 0 Å². The zero-order chi connectivity index (χ0) is 13.0. The van der Waals surface area contributed by atoms with Crippen LogP contribution >= 0.6 is 0 Å². The molecule has 0 amide bonds. The number of allylic oxidation sites excluding steroid dienone is 2. The number of Topliss-reactive ketones (excluding diaryl/α,β-unsaturated/α-hetero) is 2. The van der Waals surface area contributed by atoms with Gasteiger partial charge in [-0.2, -0.15) is 0 Å². The quantitative estimate of drug-likeness (QED) is 0.754. The number of aliphatic imine (C=N–C) groups is 1. The number of ketones is 2. The van der Waals surface area contributed by atoms with E-state index in [2.05, 4.69) is 4.99 Å². The molecule has 0 unspecified atom stereocenters. The molecule has 1 aliphatic heterocycles. The molecule has 0 aliphatic carbocycles. The van der Waals surface area contributed by atoms with Crippen LogP contribution in [0.4, 0.5) is 4.39 Å². The lowest BCUT2D eigenvalue weighted by atomic mass is 10.1. The molecule has 0 atom stereocenters. The SMILES string of the molecule is O=C(CCC(=O)c1ccco1)C1=C(F)CCC=N1. The lowest BCUT2D eigenvalue weighted by molar-refractivity contribution is -0.115. The second kappa shape index (κ2) is 5.53. The third-order valence-corrected chi connectivity index (χ3v) is 2.61. The molecule has 0 fully saturated rings. The first-order valence-corrected chi connectivity index (χ1v) is 5.69. The minimum Gasteiger partial charge on any atom is -0.461 e. The van der Waals surface area contributed by atoms with Gasteiger partial charge >= 0.3 is 0 Å². The van der Waals surface area contributed by atoms with Crippen molar-refractivity contribution in [1.29, 1.82) is 0 Å². The van der Waals surface area contributed by atoms with E-state index in [1.165, 1.54) is 18.5 Å². The van der Waals surface area contributed by atoms with E-state index in [0.717, 1.165) is 0 Å². The summed E-state index contributed by atoms with van der Waals surface area (Å²) in [5.74, 6) is -0.991. The van der Waals surface area contributed by atoms with Crippen LogP contribution in [0.5, 0.6) is 0 Å². The first-order chi connectivity index (χ1) is 8.68. The molecule has 2 heterocycles. The fourth-order valence-corrected chi connectivity index (χ4v) is 1.66. The maximum Gasteiger partial charge on any atom is 0.198 e. The van der Waals surface area contributed by atoms with Crippen LogP contribution in [0.1, 0.15) is 36.2 Å². The van der Waals surface area contributed by atoms with E-state index in [1.807, 2.05) is 0 Å². The van der Waals surface area contributed by atoms with Gasteiger partial charge in [0.15, 0.2) is 17.3 Å². The summed E-state index contributed by atoms with van der Waals surface area (Å²) in [5, 5.41) is 0. The van der Waals surface area contributed by atoms with Crippen molar-refractivity contribution < 1.29 is 18.4 Å². The van der Waals surface area contributed by atoms with Crippen LogP contribution in [0.15, 0.2) is 39.3 Å². The summed E-state index contributed by atoms with van der Waals surface area (Å²) in [6.07, 6.45) is 3.57. The number of halogens is 1. The first kappa shape index (κ1) is 12.4. The fraction of sp³-hybridized carbons (Fsp3) is 0.308. The molecule has 0 N–H and O–H groups in total. The number of nitrogens with zero attached hydrogens (tertiary/aromatic N) is 1. The largest absolute Gasteiger partial charge is 0.461 e. The molecule has 2 rings (SSSR count). The van der Waals surface area contributed by atoms with Crippen molar-refractivity contribution in [2.75, 3.05) is 0 Å². The molecule has 4 nitrogen and oxygen atoms in total. The minimum atomic E-state index is -0.493. The van der Waals surface area contributed by atoms with Crippen molar-refractivity contribution in [2.45, 2.75) is 25.7 Å². The summed E-state index contributed by atoms with van der Waals surface area (Å²) >= 11 is 0. The predicted molar refractivity (Wildman–Crippen MR) is 63.1 cm³/mol. The van der Waals surface area contributed by atoms with Crippen molar-refractivity contribution in [3.63, 3.8) is 0 Å². The summed E-state index contributed by atoms with van der Waals surface area (Å²) in [4.78, 5) is 27.0. The predicted octanol–water partition coefficient (Wildman–Crippen LogP) is 2.86.